The summed E-state index contributed by atoms with van der Waals surface area (Å²) >= 11 is 18.1. The molecule has 2 rings (SSSR count). The van der Waals surface area contributed by atoms with Crippen LogP contribution in [0.25, 0.3) is 0 Å². The summed E-state index contributed by atoms with van der Waals surface area (Å²) in [6.45, 7) is 2.30. The molecule has 0 saturated heterocycles. The molecular formula is C13H15Cl3. The van der Waals surface area contributed by atoms with Crippen molar-refractivity contribution in [1.29, 1.82) is 0 Å². The first-order valence-electron chi connectivity index (χ1n) is 5.56. The summed E-state index contributed by atoms with van der Waals surface area (Å²) in [6, 6.07) is 5.90. The van der Waals surface area contributed by atoms with E-state index in [1.165, 1.54) is 12.0 Å². The predicted octanol–water partition coefficient (Wildman–Crippen LogP) is 5.33. The first-order valence-corrected chi connectivity index (χ1v) is 6.76. The second-order valence-corrected chi connectivity index (χ2v) is 6.51. The van der Waals surface area contributed by atoms with E-state index < -0.39 is 0 Å². The van der Waals surface area contributed by atoms with Gasteiger partial charge in [0.2, 0.25) is 0 Å². The Bertz CT molecular complexity index is 389. The van der Waals surface area contributed by atoms with Crippen LogP contribution in [0.1, 0.15) is 31.7 Å². The Labute approximate surface area is 112 Å². The molecule has 0 heterocycles. The van der Waals surface area contributed by atoms with Gasteiger partial charge in [-0.3, -0.25) is 0 Å². The molecule has 0 radical (unpaired) electrons. The first-order chi connectivity index (χ1) is 7.48. The van der Waals surface area contributed by atoms with E-state index in [1.807, 2.05) is 12.1 Å². The van der Waals surface area contributed by atoms with Crippen molar-refractivity contribution < 1.29 is 0 Å². The van der Waals surface area contributed by atoms with Crippen molar-refractivity contribution in [2.24, 2.45) is 5.41 Å². The van der Waals surface area contributed by atoms with Gasteiger partial charge in [-0.15, -0.1) is 11.6 Å². The molecule has 0 amide bonds. The zero-order valence-corrected chi connectivity index (χ0v) is 11.5. The van der Waals surface area contributed by atoms with E-state index in [9.17, 15) is 0 Å². The molecule has 1 aliphatic carbocycles. The van der Waals surface area contributed by atoms with E-state index in [1.54, 1.807) is 0 Å². The minimum Gasteiger partial charge on any atom is -0.123 e. The maximum Gasteiger partial charge on any atom is 0.0595 e. The minimum absolute atomic E-state index is 0.323. The molecule has 0 aliphatic heterocycles. The first kappa shape index (κ1) is 12.5. The maximum atomic E-state index is 6.17. The summed E-state index contributed by atoms with van der Waals surface area (Å²) in [5.41, 5.74) is 1.58. The highest BCUT2D eigenvalue weighted by atomic mass is 35.5. The zero-order chi connectivity index (χ0) is 11.8. The fourth-order valence-corrected chi connectivity index (χ4v) is 3.35. The normalized spacial score (nSPS) is 29.6. The molecule has 0 bridgehead atoms. The van der Waals surface area contributed by atoms with Crippen molar-refractivity contribution in [3.63, 3.8) is 0 Å². The molecule has 0 aromatic heterocycles. The van der Waals surface area contributed by atoms with Crippen LogP contribution in [-0.2, 0) is 6.42 Å². The van der Waals surface area contributed by atoms with Gasteiger partial charge in [0.15, 0.2) is 0 Å². The van der Waals surface area contributed by atoms with Crippen LogP contribution in [0.15, 0.2) is 18.2 Å². The SMILES string of the molecule is CC1(Cc2ccc(Cl)c(Cl)c2)CCC(Cl)C1. The van der Waals surface area contributed by atoms with Gasteiger partial charge >= 0.3 is 0 Å². The molecule has 1 aliphatic rings. The van der Waals surface area contributed by atoms with E-state index in [4.69, 9.17) is 34.8 Å². The largest absolute Gasteiger partial charge is 0.123 e. The number of halogens is 3. The second-order valence-electron chi connectivity index (χ2n) is 5.08. The van der Waals surface area contributed by atoms with Gasteiger partial charge in [0, 0.05) is 5.38 Å². The van der Waals surface area contributed by atoms with Gasteiger partial charge in [-0.05, 0) is 48.8 Å². The number of rotatable bonds is 2. The molecule has 2 unspecified atom stereocenters. The smallest absolute Gasteiger partial charge is 0.0595 e. The van der Waals surface area contributed by atoms with Crippen LogP contribution in [0, 0.1) is 5.41 Å². The molecule has 16 heavy (non-hydrogen) atoms. The standard InChI is InChI=1S/C13H15Cl3/c1-13(5-4-10(14)8-13)7-9-2-3-11(15)12(16)6-9/h2-3,6,10H,4-5,7-8H2,1H3. The van der Waals surface area contributed by atoms with Crippen LogP contribution >= 0.6 is 34.8 Å². The lowest BCUT2D eigenvalue weighted by molar-refractivity contribution is 0.335. The minimum atomic E-state index is 0.323. The predicted molar refractivity (Wildman–Crippen MR) is 71.8 cm³/mol. The summed E-state index contributed by atoms with van der Waals surface area (Å²) < 4.78 is 0. The number of alkyl halides is 1. The van der Waals surface area contributed by atoms with Gasteiger partial charge in [-0.1, -0.05) is 36.2 Å². The molecular weight excluding hydrogens is 263 g/mol. The Morgan fingerprint density at radius 1 is 1.31 bits per heavy atom. The van der Waals surface area contributed by atoms with E-state index in [0.29, 0.717) is 20.8 Å². The third-order valence-corrected chi connectivity index (χ3v) is 4.50. The van der Waals surface area contributed by atoms with Gasteiger partial charge in [-0.2, -0.15) is 0 Å². The monoisotopic (exact) mass is 276 g/mol. The highest BCUT2D eigenvalue weighted by Gasteiger charge is 2.34. The van der Waals surface area contributed by atoms with E-state index >= 15 is 0 Å². The Balaban J connectivity index is 2.12. The molecule has 1 aromatic carbocycles. The third kappa shape index (κ3) is 2.85. The van der Waals surface area contributed by atoms with Crippen LogP contribution in [0.5, 0.6) is 0 Å². The quantitative estimate of drug-likeness (QED) is 0.641. The number of hydrogen-bond donors (Lipinski definition) is 0. The van der Waals surface area contributed by atoms with Crippen molar-refractivity contribution in [3.05, 3.63) is 33.8 Å². The van der Waals surface area contributed by atoms with Crippen molar-refractivity contribution in [2.45, 2.75) is 38.0 Å². The van der Waals surface area contributed by atoms with Crippen molar-refractivity contribution in [2.75, 3.05) is 0 Å². The lowest BCUT2D eigenvalue weighted by Gasteiger charge is -2.23. The van der Waals surface area contributed by atoms with Crippen molar-refractivity contribution >= 4 is 34.8 Å². The van der Waals surface area contributed by atoms with Crippen molar-refractivity contribution in [1.82, 2.24) is 0 Å². The fourth-order valence-electron chi connectivity index (χ4n) is 2.55. The highest BCUT2D eigenvalue weighted by Crippen LogP contribution is 2.43. The van der Waals surface area contributed by atoms with Gasteiger partial charge in [0.05, 0.1) is 10.0 Å². The van der Waals surface area contributed by atoms with Gasteiger partial charge in [0.1, 0.15) is 0 Å². The van der Waals surface area contributed by atoms with E-state index in [-0.39, 0.29) is 0 Å². The zero-order valence-electron chi connectivity index (χ0n) is 9.27. The van der Waals surface area contributed by atoms with Gasteiger partial charge < -0.3 is 0 Å². The lowest BCUT2D eigenvalue weighted by Crippen LogP contribution is -2.15. The van der Waals surface area contributed by atoms with E-state index in [0.717, 1.165) is 19.3 Å². The summed E-state index contributed by atoms with van der Waals surface area (Å²) in [5, 5.41) is 1.60. The molecule has 0 N–H and O–H groups in total. The molecule has 0 nitrogen and oxygen atoms in total. The third-order valence-electron chi connectivity index (χ3n) is 3.39. The molecule has 1 fully saturated rings. The molecule has 1 saturated carbocycles. The van der Waals surface area contributed by atoms with Crippen LogP contribution in [0.3, 0.4) is 0 Å². The summed E-state index contributed by atoms with van der Waals surface area (Å²) in [5.74, 6) is 0. The van der Waals surface area contributed by atoms with Gasteiger partial charge in [0.25, 0.3) is 0 Å². The van der Waals surface area contributed by atoms with Gasteiger partial charge in [-0.25, -0.2) is 0 Å². The average Bonchev–Trinajstić information content (AvgIpc) is 2.52. The second kappa shape index (κ2) is 4.76. The average molecular weight is 278 g/mol. The van der Waals surface area contributed by atoms with Crippen molar-refractivity contribution in [3.8, 4) is 0 Å². The van der Waals surface area contributed by atoms with Crippen LogP contribution in [-0.4, -0.2) is 5.38 Å². The van der Waals surface area contributed by atoms with Crippen LogP contribution in [0.2, 0.25) is 10.0 Å². The maximum absolute atomic E-state index is 6.17. The topological polar surface area (TPSA) is 0 Å². The molecule has 3 heteroatoms. The molecule has 1 aromatic rings. The summed E-state index contributed by atoms with van der Waals surface area (Å²) in [4.78, 5) is 0. The Kier molecular flexibility index (Phi) is 3.73. The Morgan fingerprint density at radius 3 is 2.62 bits per heavy atom. The number of benzene rings is 1. The number of hydrogen-bond acceptors (Lipinski definition) is 0. The Morgan fingerprint density at radius 2 is 2.06 bits per heavy atom. The molecule has 88 valence electrons. The van der Waals surface area contributed by atoms with E-state index in [2.05, 4.69) is 13.0 Å². The highest BCUT2D eigenvalue weighted by molar-refractivity contribution is 6.42. The lowest BCUT2D eigenvalue weighted by atomic mass is 9.82. The molecule has 0 spiro atoms. The summed E-state index contributed by atoms with van der Waals surface area (Å²) in [6.07, 6.45) is 4.45. The van der Waals surface area contributed by atoms with Crippen LogP contribution < -0.4 is 0 Å². The summed E-state index contributed by atoms with van der Waals surface area (Å²) in [7, 11) is 0. The fraction of sp³-hybridized carbons (Fsp3) is 0.538. The molecule has 2 atom stereocenters. The van der Waals surface area contributed by atoms with Crippen LogP contribution in [0.4, 0.5) is 0 Å². The Hall–Kier alpha value is 0.0900.